The fourth-order valence-corrected chi connectivity index (χ4v) is 2.94. The zero-order valence-corrected chi connectivity index (χ0v) is 14.5. The van der Waals surface area contributed by atoms with Gasteiger partial charge in [0.1, 0.15) is 5.78 Å². The van der Waals surface area contributed by atoms with Crippen LogP contribution in [0.5, 0.6) is 0 Å². The quantitative estimate of drug-likeness (QED) is 0.687. The van der Waals surface area contributed by atoms with Gasteiger partial charge in [0.25, 0.3) is 5.91 Å². The number of furan rings is 1. The minimum absolute atomic E-state index is 0.0180. The summed E-state index contributed by atoms with van der Waals surface area (Å²) in [5.41, 5.74) is 0.847. The molecule has 1 saturated heterocycles. The molecule has 2 heterocycles. The number of carbonyl (C=O) groups excluding carboxylic acids is 4. The van der Waals surface area contributed by atoms with Gasteiger partial charge in [0.05, 0.1) is 12.5 Å². The van der Waals surface area contributed by atoms with Gasteiger partial charge in [-0.2, -0.15) is 0 Å². The van der Waals surface area contributed by atoms with Crippen LogP contribution in [0, 0.1) is 17.8 Å². The van der Waals surface area contributed by atoms with Crippen LogP contribution in [0.25, 0.3) is 0 Å². The summed E-state index contributed by atoms with van der Waals surface area (Å²) in [6.07, 6.45) is 3.63. The zero-order chi connectivity index (χ0) is 18.4. The highest BCUT2D eigenvalue weighted by atomic mass is 16.3. The molecule has 1 aliphatic heterocycles. The van der Waals surface area contributed by atoms with E-state index in [1.165, 1.54) is 6.26 Å². The Balaban J connectivity index is 1.90. The number of rotatable bonds is 8. The van der Waals surface area contributed by atoms with Gasteiger partial charge in [-0.1, -0.05) is 13.8 Å². The summed E-state index contributed by atoms with van der Waals surface area (Å²) in [5, 5.41) is 5.24. The van der Waals surface area contributed by atoms with E-state index in [1.807, 2.05) is 13.8 Å². The Kier molecular flexibility index (Phi) is 6.50. The molecule has 2 rings (SSSR count). The monoisotopic (exact) mass is 348 g/mol. The molecule has 0 spiro atoms. The van der Waals surface area contributed by atoms with E-state index in [0.717, 1.165) is 5.56 Å². The molecule has 0 aromatic carbocycles. The molecule has 0 saturated carbocycles. The fraction of sp³-hybridized carbons (Fsp3) is 0.556. The molecule has 7 heteroatoms. The molecule has 0 bridgehead atoms. The predicted octanol–water partition coefficient (Wildman–Crippen LogP) is 1.22. The summed E-state index contributed by atoms with van der Waals surface area (Å²) in [5.74, 6) is -2.59. The summed E-state index contributed by atoms with van der Waals surface area (Å²) < 4.78 is 4.94. The van der Waals surface area contributed by atoms with Gasteiger partial charge in [0.2, 0.25) is 11.7 Å². The lowest BCUT2D eigenvalue weighted by atomic mass is 9.81. The van der Waals surface area contributed by atoms with Crippen molar-refractivity contribution in [3.8, 4) is 0 Å². The number of Topliss-reactive ketones (excluding diaryl/α,β-unsaturated/α-hetero) is 2. The minimum Gasteiger partial charge on any atom is -0.472 e. The molecule has 25 heavy (non-hydrogen) atoms. The Morgan fingerprint density at radius 3 is 2.76 bits per heavy atom. The van der Waals surface area contributed by atoms with Crippen molar-refractivity contribution in [2.24, 2.45) is 17.8 Å². The summed E-state index contributed by atoms with van der Waals surface area (Å²) in [4.78, 5) is 48.0. The van der Waals surface area contributed by atoms with E-state index in [9.17, 15) is 19.2 Å². The summed E-state index contributed by atoms with van der Waals surface area (Å²) in [6.45, 7) is 4.50. The van der Waals surface area contributed by atoms with Gasteiger partial charge in [-0.25, -0.2) is 0 Å². The molecule has 1 fully saturated rings. The second-order valence-corrected chi connectivity index (χ2v) is 6.74. The molecule has 1 aliphatic rings. The molecule has 1 aromatic rings. The van der Waals surface area contributed by atoms with Crippen LogP contribution in [0.1, 0.15) is 38.7 Å². The molecule has 1 aromatic heterocycles. The van der Waals surface area contributed by atoms with Gasteiger partial charge >= 0.3 is 0 Å². The standard InChI is InChI=1S/C18H24N2O5/c1-11(2)14(8-16(22)20-9-12-4-6-25-10-12)15(21)7-13-3-5-19-18(24)17(13)23/h4,6,10-11,13-14H,3,5,7-9H2,1-2H3,(H,19,24)(H,20,22). The summed E-state index contributed by atoms with van der Waals surface area (Å²) in [7, 11) is 0. The Hall–Kier alpha value is -2.44. The van der Waals surface area contributed by atoms with Crippen LogP contribution in [0.4, 0.5) is 0 Å². The van der Waals surface area contributed by atoms with Crippen molar-refractivity contribution in [1.29, 1.82) is 0 Å². The van der Waals surface area contributed by atoms with Crippen molar-refractivity contribution in [1.82, 2.24) is 10.6 Å². The minimum atomic E-state index is -0.622. The van der Waals surface area contributed by atoms with Gasteiger partial charge in [0.15, 0.2) is 0 Å². The lowest BCUT2D eigenvalue weighted by Crippen LogP contribution is -2.44. The topological polar surface area (TPSA) is 105 Å². The van der Waals surface area contributed by atoms with Crippen LogP contribution >= 0.6 is 0 Å². The lowest BCUT2D eigenvalue weighted by Gasteiger charge is -2.24. The second kappa shape index (κ2) is 8.60. The van der Waals surface area contributed by atoms with Crippen molar-refractivity contribution >= 4 is 23.4 Å². The van der Waals surface area contributed by atoms with Gasteiger partial charge in [-0.05, 0) is 18.4 Å². The van der Waals surface area contributed by atoms with E-state index in [1.54, 1.807) is 12.3 Å². The van der Waals surface area contributed by atoms with E-state index < -0.39 is 23.5 Å². The number of hydrogen-bond acceptors (Lipinski definition) is 5. The molecular formula is C18H24N2O5. The third kappa shape index (κ3) is 5.27. The van der Waals surface area contributed by atoms with Gasteiger partial charge in [-0.3, -0.25) is 19.2 Å². The van der Waals surface area contributed by atoms with E-state index in [2.05, 4.69) is 10.6 Å². The van der Waals surface area contributed by atoms with Crippen LogP contribution in [-0.2, 0) is 25.7 Å². The first-order chi connectivity index (χ1) is 11.9. The molecule has 2 N–H and O–H groups in total. The van der Waals surface area contributed by atoms with Crippen molar-refractivity contribution < 1.29 is 23.6 Å². The molecular weight excluding hydrogens is 324 g/mol. The smallest absolute Gasteiger partial charge is 0.287 e. The fourth-order valence-electron chi connectivity index (χ4n) is 2.94. The molecule has 7 nitrogen and oxygen atoms in total. The van der Waals surface area contributed by atoms with E-state index in [-0.39, 0.29) is 30.4 Å². The maximum Gasteiger partial charge on any atom is 0.287 e. The number of carbonyl (C=O) groups is 4. The molecule has 0 radical (unpaired) electrons. The number of nitrogens with one attached hydrogen (secondary N) is 2. The van der Waals surface area contributed by atoms with Crippen LogP contribution in [0.15, 0.2) is 23.0 Å². The number of ketones is 2. The first-order valence-corrected chi connectivity index (χ1v) is 8.51. The van der Waals surface area contributed by atoms with E-state index in [0.29, 0.717) is 19.5 Å². The maximum atomic E-state index is 12.6. The Morgan fingerprint density at radius 1 is 1.36 bits per heavy atom. The average molecular weight is 348 g/mol. The van der Waals surface area contributed by atoms with Crippen LogP contribution < -0.4 is 10.6 Å². The Bertz CT molecular complexity index is 636. The number of hydrogen-bond donors (Lipinski definition) is 2. The number of amides is 2. The van der Waals surface area contributed by atoms with Gasteiger partial charge in [0, 0.05) is 43.3 Å². The highest BCUT2D eigenvalue weighted by Gasteiger charge is 2.34. The number of piperidine rings is 1. The van der Waals surface area contributed by atoms with E-state index in [4.69, 9.17) is 4.42 Å². The highest BCUT2D eigenvalue weighted by molar-refractivity contribution is 6.37. The Morgan fingerprint density at radius 2 is 2.12 bits per heavy atom. The first-order valence-electron chi connectivity index (χ1n) is 8.51. The molecule has 2 amide bonds. The van der Waals surface area contributed by atoms with Gasteiger partial charge < -0.3 is 15.1 Å². The molecule has 0 aliphatic carbocycles. The zero-order valence-electron chi connectivity index (χ0n) is 14.5. The van der Waals surface area contributed by atoms with Crippen molar-refractivity contribution in [2.75, 3.05) is 6.54 Å². The molecule has 136 valence electrons. The SMILES string of the molecule is CC(C)C(CC(=O)NCc1ccoc1)C(=O)CC1CCNC(=O)C1=O. The highest BCUT2D eigenvalue weighted by Crippen LogP contribution is 2.23. The van der Waals surface area contributed by atoms with Crippen LogP contribution in [0.2, 0.25) is 0 Å². The lowest BCUT2D eigenvalue weighted by molar-refractivity contribution is -0.143. The average Bonchev–Trinajstić information content (AvgIpc) is 3.08. The summed E-state index contributed by atoms with van der Waals surface area (Å²) in [6, 6.07) is 1.76. The Labute approximate surface area is 146 Å². The van der Waals surface area contributed by atoms with Crippen LogP contribution in [-0.4, -0.2) is 29.9 Å². The van der Waals surface area contributed by atoms with Crippen molar-refractivity contribution in [3.63, 3.8) is 0 Å². The maximum absolute atomic E-state index is 12.6. The largest absolute Gasteiger partial charge is 0.472 e. The van der Waals surface area contributed by atoms with Crippen molar-refractivity contribution in [2.45, 2.75) is 39.7 Å². The normalized spacial score (nSPS) is 18.8. The predicted molar refractivity (Wildman–Crippen MR) is 89.2 cm³/mol. The second-order valence-electron chi connectivity index (χ2n) is 6.74. The summed E-state index contributed by atoms with van der Waals surface area (Å²) >= 11 is 0. The third-order valence-corrected chi connectivity index (χ3v) is 4.51. The first kappa shape index (κ1) is 18.9. The third-order valence-electron chi connectivity index (χ3n) is 4.51. The van der Waals surface area contributed by atoms with Crippen molar-refractivity contribution in [3.05, 3.63) is 24.2 Å². The molecule has 2 unspecified atom stereocenters. The molecule has 2 atom stereocenters. The van der Waals surface area contributed by atoms with Crippen LogP contribution in [0.3, 0.4) is 0 Å². The van der Waals surface area contributed by atoms with E-state index >= 15 is 0 Å². The van der Waals surface area contributed by atoms with Gasteiger partial charge in [-0.15, -0.1) is 0 Å².